The molecular weight excluding hydrogens is 308 g/mol. The van der Waals surface area contributed by atoms with E-state index in [2.05, 4.69) is 10.1 Å². The van der Waals surface area contributed by atoms with Gasteiger partial charge in [-0.1, -0.05) is 41.9 Å². The highest BCUT2D eigenvalue weighted by Crippen LogP contribution is 2.38. The van der Waals surface area contributed by atoms with E-state index in [1.807, 2.05) is 0 Å². The Labute approximate surface area is 131 Å². The maximum atomic E-state index is 14.2. The molecule has 1 heterocycles. The first-order valence-corrected chi connectivity index (χ1v) is 7.08. The van der Waals surface area contributed by atoms with Crippen LogP contribution in [0.25, 0.3) is 0 Å². The first-order chi connectivity index (χ1) is 10.7. The lowest BCUT2D eigenvalue weighted by Crippen LogP contribution is -2.16. The summed E-state index contributed by atoms with van der Waals surface area (Å²) in [4.78, 5) is 3.86. The summed E-state index contributed by atoms with van der Waals surface area (Å²) in [7, 11) is 0. The third-order valence-corrected chi connectivity index (χ3v) is 3.89. The summed E-state index contributed by atoms with van der Waals surface area (Å²) >= 11 is 6.49. The highest BCUT2D eigenvalue weighted by molar-refractivity contribution is 6.19. The summed E-state index contributed by atoms with van der Waals surface area (Å²) in [5.74, 6) is -1.25. The van der Waals surface area contributed by atoms with Crippen LogP contribution in [0.1, 0.15) is 22.5 Å². The molecule has 2 aromatic carbocycles. The van der Waals surface area contributed by atoms with Crippen LogP contribution < -0.4 is 0 Å². The maximum Gasteiger partial charge on any atom is 0.138 e. The molecule has 6 heteroatoms. The predicted molar refractivity (Wildman–Crippen MR) is 79.6 cm³/mol. The molecular formula is C16H12ClF2N3. The third kappa shape index (κ3) is 2.85. The van der Waals surface area contributed by atoms with Gasteiger partial charge in [0.25, 0.3) is 0 Å². The van der Waals surface area contributed by atoms with Crippen molar-refractivity contribution in [2.24, 2.45) is 0 Å². The SMILES string of the molecule is Fc1ccc(C(c2ccccc2F)C(Cl)n2cncn2)cc1. The fraction of sp³-hybridized carbons (Fsp3) is 0.125. The molecule has 22 heavy (non-hydrogen) atoms. The van der Waals surface area contributed by atoms with E-state index in [1.165, 1.54) is 35.5 Å². The van der Waals surface area contributed by atoms with Gasteiger partial charge in [-0.25, -0.2) is 18.4 Å². The lowest BCUT2D eigenvalue weighted by molar-refractivity contribution is 0.511. The molecule has 0 aliphatic rings. The fourth-order valence-electron chi connectivity index (χ4n) is 2.38. The molecule has 0 aliphatic carbocycles. The predicted octanol–water partition coefficient (Wildman–Crippen LogP) is 4.13. The Morgan fingerprint density at radius 2 is 1.73 bits per heavy atom. The molecule has 0 saturated carbocycles. The second kappa shape index (κ2) is 6.23. The van der Waals surface area contributed by atoms with Gasteiger partial charge in [-0.15, -0.1) is 0 Å². The van der Waals surface area contributed by atoms with Crippen molar-refractivity contribution in [3.63, 3.8) is 0 Å². The Bertz CT molecular complexity index is 744. The largest absolute Gasteiger partial charge is 0.234 e. The summed E-state index contributed by atoms with van der Waals surface area (Å²) in [6.45, 7) is 0. The standard InChI is InChI=1S/C16H12ClF2N3/c17-16(22-10-20-9-21-22)15(11-5-7-12(18)8-6-11)13-3-1-2-4-14(13)19/h1-10,15-16H. The maximum absolute atomic E-state index is 14.2. The van der Waals surface area contributed by atoms with Crippen LogP contribution in [0.5, 0.6) is 0 Å². The molecule has 2 atom stereocenters. The average molecular weight is 320 g/mol. The average Bonchev–Trinajstić information content (AvgIpc) is 3.05. The van der Waals surface area contributed by atoms with E-state index >= 15 is 0 Å². The second-order valence-corrected chi connectivity index (χ2v) is 5.25. The van der Waals surface area contributed by atoms with E-state index in [1.54, 1.807) is 30.3 Å². The summed E-state index contributed by atoms with van der Waals surface area (Å²) in [5, 5.41) is 4.01. The van der Waals surface area contributed by atoms with Crippen molar-refractivity contribution in [2.75, 3.05) is 0 Å². The van der Waals surface area contributed by atoms with E-state index in [-0.39, 0.29) is 11.6 Å². The van der Waals surface area contributed by atoms with Gasteiger partial charge in [0, 0.05) is 5.92 Å². The molecule has 0 saturated heterocycles. The van der Waals surface area contributed by atoms with Gasteiger partial charge in [0.1, 0.15) is 29.8 Å². The quantitative estimate of drug-likeness (QED) is 0.677. The number of aromatic nitrogens is 3. The molecule has 0 fully saturated rings. The van der Waals surface area contributed by atoms with Crippen LogP contribution in [0.4, 0.5) is 8.78 Å². The minimum absolute atomic E-state index is 0.358. The molecule has 0 amide bonds. The van der Waals surface area contributed by atoms with Crippen LogP contribution in [0, 0.1) is 11.6 Å². The van der Waals surface area contributed by atoms with Crippen molar-refractivity contribution in [1.82, 2.24) is 14.8 Å². The highest BCUT2D eigenvalue weighted by atomic mass is 35.5. The van der Waals surface area contributed by atoms with E-state index in [4.69, 9.17) is 11.6 Å². The lowest BCUT2D eigenvalue weighted by Gasteiger charge is -2.23. The molecule has 3 nitrogen and oxygen atoms in total. The number of hydrogen-bond acceptors (Lipinski definition) is 2. The Morgan fingerprint density at radius 1 is 1.00 bits per heavy atom. The van der Waals surface area contributed by atoms with Crippen molar-refractivity contribution in [2.45, 2.75) is 11.4 Å². The van der Waals surface area contributed by atoms with Gasteiger partial charge >= 0.3 is 0 Å². The topological polar surface area (TPSA) is 30.7 Å². The van der Waals surface area contributed by atoms with E-state index < -0.39 is 11.4 Å². The van der Waals surface area contributed by atoms with Crippen molar-refractivity contribution in [1.29, 1.82) is 0 Å². The molecule has 3 rings (SSSR count). The van der Waals surface area contributed by atoms with Gasteiger partial charge < -0.3 is 0 Å². The third-order valence-electron chi connectivity index (χ3n) is 3.43. The number of alkyl halides is 1. The summed E-state index contributed by atoms with van der Waals surface area (Å²) in [5.41, 5.74) is 0.427. The normalized spacial score (nSPS) is 13.8. The first kappa shape index (κ1) is 14.7. The number of rotatable bonds is 4. The molecule has 112 valence electrons. The van der Waals surface area contributed by atoms with Gasteiger partial charge in [0.05, 0.1) is 0 Å². The van der Waals surface area contributed by atoms with Crippen LogP contribution in [0.2, 0.25) is 0 Å². The van der Waals surface area contributed by atoms with Crippen LogP contribution in [-0.4, -0.2) is 14.8 Å². The van der Waals surface area contributed by atoms with Gasteiger partial charge in [-0.3, -0.25) is 0 Å². The zero-order chi connectivity index (χ0) is 15.5. The molecule has 0 spiro atoms. The smallest absolute Gasteiger partial charge is 0.138 e. The summed E-state index contributed by atoms with van der Waals surface area (Å²) in [6.07, 6.45) is 2.83. The second-order valence-electron chi connectivity index (χ2n) is 4.80. The van der Waals surface area contributed by atoms with Crippen molar-refractivity contribution in [3.05, 3.63) is 83.9 Å². The van der Waals surface area contributed by atoms with E-state index in [0.29, 0.717) is 11.1 Å². The van der Waals surface area contributed by atoms with Gasteiger partial charge in [0.15, 0.2) is 0 Å². The molecule has 3 aromatic rings. The minimum atomic E-state index is -0.690. The Hall–Kier alpha value is -2.27. The number of nitrogens with zero attached hydrogens (tertiary/aromatic N) is 3. The molecule has 0 N–H and O–H groups in total. The number of halogens is 3. The molecule has 0 bridgehead atoms. The summed E-state index contributed by atoms with van der Waals surface area (Å²) < 4.78 is 28.8. The van der Waals surface area contributed by atoms with Gasteiger partial charge in [0.2, 0.25) is 0 Å². The molecule has 0 aliphatic heterocycles. The zero-order valence-electron chi connectivity index (χ0n) is 11.4. The first-order valence-electron chi connectivity index (χ1n) is 6.65. The summed E-state index contributed by atoms with van der Waals surface area (Å²) in [6, 6.07) is 12.2. The molecule has 1 aromatic heterocycles. The Morgan fingerprint density at radius 3 is 2.36 bits per heavy atom. The monoisotopic (exact) mass is 319 g/mol. The van der Waals surface area contributed by atoms with Crippen molar-refractivity contribution in [3.8, 4) is 0 Å². The lowest BCUT2D eigenvalue weighted by atomic mass is 9.90. The highest BCUT2D eigenvalue weighted by Gasteiger charge is 2.27. The Kier molecular flexibility index (Phi) is 4.15. The zero-order valence-corrected chi connectivity index (χ0v) is 12.2. The van der Waals surface area contributed by atoms with Crippen molar-refractivity contribution >= 4 is 11.6 Å². The van der Waals surface area contributed by atoms with Crippen LogP contribution >= 0.6 is 11.6 Å². The van der Waals surface area contributed by atoms with E-state index in [0.717, 1.165) is 0 Å². The van der Waals surface area contributed by atoms with Crippen molar-refractivity contribution < 1.29 is 8.78 Å². The fourth-order valence-corrected chi connectivity index (χ4v) is 2.76. The van der Waals surface area contributed by atoms with Crippen LogP contribution in [0.3, 0.4) is 0 Å². The van der Waals surface area contributed by atoms with Crippen LogP contribution in [0.15, 0.2) is 61.2 Å². The van der Waals surface area contributed by atoms with Gasteiger partial charge in [-0.05, 0) is 29.3 Å². The number of benzene rings is 2. The number of hydrogen-bond donors (Lipinski definition) is 0. The van der Waals surface area contributed by atoms with E-state index in [9.17, 15) is 8.78 Å². The Balaban J connectivity index is 2.10. The molecule has 0 radical (unpaired) electrons. The molecule has 2 unspecified atom stereocenters. The minimum Gasteiger partial charge on any atom is -0.234 e. The van der Waals surface area contributed by atoms with Gasteiger partial charge in [-0.2, -0.15) is 5.10 Å². The van der Waals surface area contributed by atoms with Crippen LogP contribution in [-0.2, 0) is 0 Å².